The first-order chi connectivity index (χ1) is 12.1. The monoisotopic (exact) mass is 394 g/mol. The quantitative estimate of drug-likeness (QED) is 0.800. The largest absolute Gasteiger partial charge is 0.324 e. The molecule has 140 valence electrons. The average Bonchev–Trinajstić information content (AvgIpc) is 2.55. The van der Waals surface area contributed by atoms with Gasteiger partial charge in [-0.3, -0.25) is 9.10 Å². The standard InChI is InChI=1S/C19H23ClN2O3S/c1-5-18(19(23)21-17-11-8-15(20)12-14(17)3)22(26(4,24)25)16-9-6-13(2)7-10-16/h6-12,18H,5H2,1-4H3,(H,21,23)/t18-/m1/s1. The van der Waals surface area contributed by atoms with E-state index in [2.05, 4.69) is 5.32 Å². The van der Waals surface area contributed by atoms with Gasteiger partial charge in [-0.25, -0.2) is 8.42 Å². The number of hydrogen-bond acceptors (Lipinski definition) is 3. The molecule has 0 heterocycles. The minimum Gasteiger partial charge on any atom is -0.324 e. The molecule has 1 amide bonds. The number of hydrogen-bond donors (Lipinski definition) is 1. The van der Waals surface area contributed by atoms with Gasteiger partial charge in [0.2, 0.25) is 15.9 Å². The van der Waals surface area contributed by atoms with Crippen LogP contribution in [-0.4, -0.2) is 26.6 Å². The summed E-state index contributed by atoms with van der Waals surface area (Å²) < 4.78 is 26.0. The molecular formula is C19H23ClN2O3S. The zero-order valence-electron chi connectivity index (χ0n) is 15.3. The molecule has 0 spiro atoms. The van der Waals surface area contributed by atoms with Crippen molar-refractivity contribution in [3.8, 4) is 0 Å². The van der Waals surface area contributed by atoms with Crippen molar-refractivity contribution in [2.24, 2.45) is 0 Å². The summed E-state index contributed by atoms with van der Waals surface area (Å²) in [5.74, 6) is -0.385. The maximum atomic E-state index is 12.9. The van der Waals surface area contributed by atoms with E-state index < -0.39 is 16.1 Å². The Morgan fingerprint density at radius 1 is 1.15 bits per heavy atom. The van der Waals surface area contributed by atoms with Crippen molar-refractivity contribution >= 4 is 38.9 Å². The van der Waals surface area contributed by atoms with Crippen LogP contribution in [0.15, 0.2) is 42.5 Å². The minimum absolute atomic E-state index is 0.333. The van der Waals surface area contributed by atoms with Gasteiger partial charge in [0.15, 0.2) is 0 Å². The SMILES string of the molecule is CC[C@H](C(=O)Nc1ccc(Cl)cc1C)N(c1ccc(C)cc1)S(C)(=O)=O. The number of amides is 1. The highest BCUT2D eigenvalue weighted by Gasteiger charge is 2.31. The normalized spacial score (nSPS) is 12.5. The second-order valence-electron chi connectivity index (χ2n) is 6.27. The lowest BCUT2D eigenvalue weighted by Crippen LogP contribution is -2.47. The first-order valence-corrected chi connectivity index (χ1v) is 10.5. The van der Waals surface area contributed by atoms with Crippen LogP contribution in [-0.2, 0) is 14.8 Å². The number of nitrogens with one attached hydrogen (secondary N) is 1. The van der Waals surface area contributed by atoms with Gasteiger partial charge in [0.25, 0.3) is 0 Å². The van der Waals surface area contributed by atoms with Crippen LogP contribution < -0.4 is 9.62 Å². The molecule has 0 fully saturated rings. The van der Waals surface area contributed by atoms with Gasteiger partial charge < -0.3 is 5.32 Å². The molecule has 0 aromatic heterocycles. The van der Waals surface area contributed by atoms with E-state index in [1.807, 2.05) is 26.0 Å². The Morgan fingerprint density at radius 2 is 1.77 bits per heavy atom. The van der Waals surface area contributed by atoms with Crippen LogP contribution in [0.2, 0.25) is 5.02 Å². The number of rotatable bonds is 6. The Hall–Kier alpha value is -2.05. The fourth-order valence-corrected chi connectivity index (χ4v) is 4.17. The lowest BCUT2D eigenvalue weighted by Gasteiger charge is -2.30. The van der Waals surface area contributed by atoms with E-state index in [1.54, 1.807) is 37.3 Å². The van der Waals surface area contributed by atoms with Crippen molar-refractivity contribution < 1.29 is 13.2 Å². The third-order valence-electron chi connectivity index (χ3n) is 4.06. The number of halogens is 1. The Bertz CT molecular complexity index is 896. The van der Waals surface area contributed by atoms with Crippen LogP contribution in [0.1, 0.15) is 24.5 Å². The minimum atomic E-state index is -3.64. The van der Waals surface area contributed by atoms with Crippen molar-refractivity contribution in [2.45, 2.75) is 33.2 Å². The van der Waals surface area contributed by atoms with Gasteiger partial charge in [-0.05, 0) is 56.2 Å². The maximum Gasteiger partial charge on any atom is 0.248 e. The highest BCUT2D eigenvalue weighted by atomic mass is 35.5. The number of sulfonamides is 1. The van der Waals surface area contributed by atoms with Crippen molar-refractivity contribution in [2.75, 3.05) is 15.9 Å². The molecule has 7 heteroatoms. The molecule has 0 unspecified atom stereocenters. The summed E-state index contributed by atoms with van der Waals surface area (Å²) in [6, 6.07) is 11.3. The zero-order valence-corrected chi connectivity index (χ0v) is 16.9. The highest BCUT2D eigenvalue weighted by molar-refractivity contribution is 7.92. The molecule has 0 saturated carbocycles. The molecule has 2 aromatic carbocycles. The fraction of sp³-hybridized carbons (Fsp3) is 0.316. The third-order valence-corrected chi connectivity index (χ3v) is 5.48. The van der Waals surface area contributed by atoms with Gasteiger partial charge in [0, 0.05) is 10.7 Å². The van der Waals surface area contributed by atoms with Gasteiger partial charge in [-0.2, -0.15) is 0 Å². The number of aryl methyl sites for hydroxylation is 2. The third kappa shape index (κ3) is 4.77. The Morgan fingerprint density at radius 3 is 2.27 bits per heavy atom. The predicted molar refractivity (Wildman–Crippen MR) is 107 cm³/mol. The fourth-order valence-electron chi connectivity index (χ4n) is 2.74. The molecule has 26 heavy (non-hydrogen) atoms. The lowest BCUT2D eigenvalue weighted by molar-refractivity contribution is -0.117. The van der Waals surface area contributed by atoms with Crippen LogP contribution >= 0.6 is 11.6 Å². The summed E-state index contributed by atoms with van der Waals surface area (Å²) in [6.07, 6.45) is 1.44. The molecule has 0 aliphatic heterocycles. The van der Waals surface area contributed by atoms with Crippen molar-refractivity contribution in [3.05, 3.63) is 58.6 Å². The first kappa shape index (κ1) is 20.3. The summed E-state index contributed by atoms with van der Waals surface area (Å²) in [5.41, 5.74) is 2.89. The van der Waals surface area contributed by atoms with Gasteiger partial charge in [-0.1, -0.05) is 36.2 Å². The second kappa shape index (κ2) is 8.10. The Kier molecular flexibility index (Phi) is 6.31. The number of benzene rings is 2. The van der Waals surface area contributed by atoms with Crippen molar-refractivity contribution in [3.63, 3.8) is 0 Å². The molecule has 2 aromatic rings. The Balaban J connectivity index is 2.38. The summed E-state index contributed by atoms with van der Waals surface area (Å²) in [4.78, 5) is 12.9. The summed E-state index contributed by atoms with van der Waals surface area (Å²) >= 11 is 5.95. The second-order valence-corrected chi connectivity index (χ2v) is 8.56. The maximum absolute atomic E-state index is 12.9. The van der Waals surface area contributed by atoms with Gasteiger partial charge in [-0.15, -0.1) is 0 Å². The Labute approximate surface area is 160 Å². The van der Waals surface area contributed by atoms with Crippen LogP contribution in [0, 0.1) is 13.8 Å². The van der Waals surface area contributed by atoms with E-state index in [9.17, 15) is 13.2 Å². The average molecular weight is 395 g/mol. The first-order valence-electron chi connectivity index (χ1n) is 8.26. The van der Waals surface area contributed by atoms with Crippen LogP contribution in [0.3, 0.4) is 0 Å². The van der Waals surface area contributed by atoms with Crippen molar-refractivity contribution in [1.29, 1.82) is 0 Å². The zero-order chi connectivity index (χ0) is 19.5. The van der Waals surface area contributed by atoms with E-state index in [1.165, 1.54) is 4.31 Å². The lowest BCUT2D eigenvalue weighted by atomic mass is 10.1. The number of carbonyl (C=O) groups excluding carboxylic acids is 1. The van der Waals surface area contributed by atoms with E-state index >= 15 is 0 Å². The van der Waals surface area contributed by atoms with Gasteiger partial charge in [0.05, 0.1) is 11.9 Å². The topological polar surface area (TPSA) is 66.5 Å². The molecule has 0 aliphatic rings. The molecule has 0 aliphatic carbocycles. The number of nitrogens with zero attached hydrogens (tertiary/aromatic N) is 1. The van der Waals surface area contributed by atoms with Gasteiger partial charge >= 0.3 is 0 Å². The summed E-state index contributed by atoms with van der Waals surface area (Å²) in [5, 5.41) is 3.39. The summed E-state index contributed by atoms with van der Waals surface area (Å²) in [6.45, 7) is 5.53. The number of anilines is 2. The number of carbonyl (C=O) groups is 1. The molecular weight excluding hydrogens is 372 g/mol. The molecule has 0 saturated heterocycles. The predicted octanol–water partition coefficient (Wildman–Crippen LogP) is 4.14. The van der Waals surface area contributed by atoms with E-state index in [0.29, 0.717) is 22.8 Å². The highest BCUT2D eigenvalue weighted by Crippen LogP contribution is 2.25. The van der Waals surface area contributed by atoms with Crippen LogP contribution in [0.4, 0.5) is 11.4 Å². The van der Waals surface area contributed by atoms with E-state index in [4.69, 9.17) is 11.6 Å². The molecule has 5 nitrogen and oxygen atoms in total. The molecule has 1 N–H and O–H groups in total. The van der Waals surface area contributed by atoms with E-state index in [-0.39, 0.29) is 5.91 Å². The molecule has 1 atom stereocenters. The van der Waals surface area contributed by atoms with Crippen LogP contribution in [0.5, 0.6) is 0 Å². The molecule has 0 bridgehead atoms. The molecule has 2 rings (SSSR count). The summed E-state index contributed by atoms with van der Waals surface area (Å²) in [7, 11) is -3.64. The smallest absolute Gasteiger partial charge is 0.248 e. The van der Waals surface area contributed by atoms with Crippen LogP contribution in [0.25, 0.3) is 0 Å². The molecule has 0 radical (unpaired) electrons. The van der Waals surface area contributed by atoms with Crippen molar-refractivity contribution in [1.82, 2.24) is 0 Å². The van der Waals surface area contributed by atoms with Gasteiger partial charge in [0.1, 0.15) is 6.04 Å². The van der Waals surface area contributed by atoms with E-state index in [0.717, 1.165) is 17.4 Å².